The molecule has 1 aromatic carbocycles. The average Bonchev–Trinajstić information content (AvgIpc) is 3.06. The van der Waals surface area contributed by atoms with Gasteiger partial charge in [-0.25, -0.2) is 9.59 Å². The normalized spacial score (nSPS) is 14.7. The van der Waals surface area contributed by atoms with Crippen LogP contribution in [-0.2, 0) is 19.1 Å². The Morgan fingerprint density at radius 1 is 0.587 bits per heavy atom. The standard InChI is InChI=1S/C41H69NO4/c1-5-7-9-11-13-15-17-19-21-23-33-45-40(43)39(41(44)46-34-24-22-20-18-16-14-12-10-8-6-2)37-27-25-35(26-28-37)36-29-31-38(32-30-36)42(3)4/h29-32,35H,5-28,33-34H2,1-4H3. The average molecular weight is 640 g/mol. The van der Waals surface area contributed by atoms with E-state index in [9.17, 15) is 9.59 Å². The maximum Gasteiger partial charge on any atom is 0.345 e. The minimum Gasteiger partial charge on any atom is -0.462 e. The number of hydrogen-bond acceptors (Lipinski definition) is 5. The van der Waals surface area contributed by atoms with E-state index in [1.807, 2.05) is 0 Å². The van der Waals surface area contributed by atoms with E-state index in [0.717, 1.165) is 56.9 Å². The van der Waals surface area contributed by atoms with Crippen LogP contribution in [0.3, 0.4) is 0 Å². The molecule has 2 rings (SSSR count). The first-order valence-corrected chi connectivity index (χ1v) is 19.3. The van der Waals surface area contributed by atoms with Gasteiger partial charge in [0.2, 0.25) is 0 Å². The van der Waals surface area contributed by atoms with E-state index in [4.69, 9.17) is 9.47 Å². The third-order valence-corrected chi connectivity index (χ3v) is 9.69. The van der Waals surface area contributed by atoms with Crippen molar-refractivity contribution in [3.8, 4) is 0 Å². The molecule has 0 bridgehead atoms. The Bertz CT molecular complexity index is 917. The summed E-state index contributed by atoms with van der Waals surface area (Å²) in [5, 5.41) is 0. The van der Waals surface area contributed by atoms with Crippen molar-refractivity contribution in [2.75, 3.05) is 32.2 Å². The maximum atomic E-state index is 13.3. The molecule has 1 aromatic rings. The molecule has 0 amide bonds. The summed E-state index contributed by atoms with van der Waals surface area (Å²) in [6.07, 6.45) is 27.9. The maximum absolute atomic E-state index is 13.3. The molecule has 46 heavy (non-hydrogen) atoms. The summed E-state index contributed by atoms with van der Waals surface area (Å²) >= 11 is 0. The molecule has 0 aliphatic heterocycles. The Morgan fingerprint density at radius 3 is 1.33 bits per heavy atom. The van der Waals surface area contributed by atoms with Gasteiger partial charge in [-0.3, -0.25) is 0 Å². The van der Waals surface area contributed by atoms with Crippen LogP contribution in [0.25, 0.3) is 0 Å². The Labute approximate surface area is 283 Å². The quantitative estimate of drug-likeness (QED) is 0.0332. The number of benzene rings is 1. The predicted molar refractivity (Wildman–Crippen MR) is 195 cm³/mol. The van der Waals surface area contributed by atoms with Crippen LogP contribution in [-0.4, -0.2) is 39.2 Å². The number of esters is 2. The first-order valence-electron chi connectivity index (χ1n) is 19.3. The SMILES string of the molecule is CCCCCCCCCCCCOC(=O)C(C(=O)OCCCCCCCCCCCC)=C1CCC(c2ccc(N(C)C)cc2)CC1. The summed E-state index contributed by atoms with van der Waals surface area (Å²) in [5.41, 5.74) is 3.62. The van der Waals surface area contributed by atoms with E-state index < -0.39 is 11.9 Å². The van der Waals surface area contributed by atoms with E-state index in [1.165, 1.54) is 114 Å². The zero-order valence-corrected chi connectivity index (χ0v) is 30.4. The lowest BCUT2D eigenvalue weighted by Crippen LogP contribution is -2.23. The van der Waals surface area contributed by atoms with Crippen LogP contribution in [0.15, 0.2) is 35.4 Å². The summed E-state index contributed by atoms with van der Waals surface area (Å²) in [7, 11) is 4.11. The van der Waals surface area contributed by atoms with Gasteiger partial charge in [-0.2, -0.15) is 0 Å². The molecular weight excluding hydrogens is 570 g/mol. The van der Waals surface area contributed by atoms with Gasteiger partial charge in [0.25, 0.3) is 0 Å². The van der Waals surface area contributed by atoms with Gasteiger partial charge in [0.05, 0.1) is 13.2 Å². The minimum absolute atomic E-state index is 0.181. The van der Waals surface area contributed by atoms with E-state index in [0.29, 0.717) is 19.1 Å². The van der Waals surface area contributed by atoms with Crippen molar-refractivity contribution in [2.24, 2.45) is 0 Å². The zero-order valence-electron chi connectivity index (χ0n) is 30.4. The molecule has 0 N–H and O–H groups in total. The second-order valence-corrected chi connectivity index (χ2v) is 13.9. The molecule has 0 saturated heterocycles. The molecule has 0 unspecified atom stereocenters. The lowest BCUT2D eigenvalue weighted by Gasteiger charge is -2.26. The predicted octanol–water partition coefficient (Wildman–Crippen LogP) is 11.6. The van der Waals surface area contributed by atoms with Gasteiger partial charge < -0.3 is 14.4 Å². The van der Waals surface area contributed by atoms with Crippen molar-refractivity contribution in [2.45, 2.75) is 174 Å². The molecule has 5 heteroatoms. The zero-order chi connectivity index (χ0) is 33.2. The highest BCUT2D eigenvalue weighted by Crippen LogP contribution is 2.37. The lowest BCUT2D eigenvalue weighted by atomic mass is 9.80. The summed E-state index contributed by atoms with van der Waals surface area (Å²) in [6.45, 7) is 5.26. The number of hydrogen-bond donors (Lipinski definition) is 0. The summed E-state index contributed by atoms with van der Waals surface area (Å²) in [4.78, 5) is 28.7. The number of anilines is 1. The topological polar surface area (TPSA) is 55.8 Å². The highest BCUT2D eigenvalue weighted by atomic mass is 16.6. The number of nitrogens with zero attached hydrogens (tertiary/aromatic N) is 1. The van der Waals surface area contributed by atoms with Crippen LogP contribution in [0, 0.1) is 0 Å². The van der Waals surface area contributed by atoms with Crippen LogP contribution in [0.2, 0.25) is 0 Å². The van der Waals surface area contributed by atoms with Crippen molar-refractivity contribution < 1.29 is 19.1 Å². The lowest BCUT2D eigenvalue weighted by molar-refractivity contribution is -0.147. The van der Waals surface area contributed by atoms with Gasteiger partial charge in [-0.1, -0.05) is 142 Å². The van der Waals surface area contributed by atoms with Gasteiger partial charge in [0.15, 0.2) is 0 Å². The third kappa shape index (κ3) is 17.0. The molecule has 0 heterocycles. The molecule has 1 aliphatic rings. The van der Waals surface area contributed by atoms with E-state index in [1.54, 1.807) is 0 Å². The number of carbonyl (C=O) groups excluding carboxylic acids is 2. The third-order valence-electron chi connectivity index (χ3n) is 9.69. The fourth-order valence-electron chi connectivity index (χ4n) is 6.62. The van der Waals surface area contributed by atoms with Crippen LogP contribution in [0.5, 0.6) is 0 Å². The summed E-state index contributed by atoms with van der Waals surface area (Å²) in [6, 6.07) is 8.78. The fourth-order valence-corrected chi connectivity index (χ4v) is 6.62. The Morgan fingerprint density at radius 2 is 0.957 bits per heavy atom. The second-order valence-electron chi connectivity index (χ2n) is 13.9. The highest BCUT2D eigenvalue weighted by molar-refractivity contribution is 6.14. The number of unbranched alkanes of at least 4 members (excludes halogenated alkanes) is 18. The second kappa shape index (κ2) is 25.7. The van der Waals surface area contributed by atoms with Crippen molar-refractivity contribution in [1.82, 2.24) is 0 Å². The van der Waals surface area contributed by atoms with Crippen molar-refractivity contribution in [3.05, 3.63) is 41.0 Å². The van der Waals surface area contributed by atoms with Crippen molar-refractivity contribution in [1.29, 1.82) is 0 Å². The smallest absolute Gasteiger partial charge is 0.345 e. The molecule has 0 radical (unpaired) electrons. The van der Waals surface area contributed by atoms with E-state index >= 15 is 0 Å². The van der Waals surface area contributed by atoms with Crippen molar-refractivity contribution >= 4 is 17.6 Å². The molecule has 1 fully saturated rings. The Balaban J connectivity index is 1.83. The Kier molecular flexibility index (Phi) is 22.3. The van der Waals surface area contributed by atoms with Crippen LogP contribution >= 0.6 is 0 Å². The van der Waals surface area contributed by atoms with Crippen LogP contribution in [0.4, 0.5) is 5.69 Å². The van der Waals surface area contributed by atoms with E-state index in [-0.39, 0.29) is 5.57 Å². The van der Waals surface area contributed by atoms with Gasteiger partial charge in [-0.05, 0) is 67.7 Å². The van der Waals surface area contributed by atoms with Crippen LogP contribution < -0.4 is 4.90 Å². The van der Waals surface area contributed by atoms with Gasteiger partial charge in [0, 0.05) is 19.8 Å². The highest BCUT2D eigenvalue weighted by Gasteiger charge is 2.29. The molecule has 0 spiro atoms. The van der Waals surface area contributed by atoms with Crippen molar-refractivity contribution in [3.63, 3.8) is 0 Å². The van der Waals surface area contributed by atoms with E-state index in [2.05, 4.69) is 57.1 Å². The minimum atomic E-state index is -0.479. The first kappa shape index (κ1) is 39.9. The molecule has 0 aromatic heterocycles. The Hall–Kier alpha value is -2.30. The van der Waals surface area contributed by atoms with Gasteiger partial charge in [0.1, 0.15) is 5.57 Å². The van der Waals surface area contributed by atoms with Gasteiger partial charge in [-0.15, -0.1) is 0 Å². The van der Waals surface area contributed by atoms with Gasteiger partial charge >= 0.3 is 11.9 Å². The molecule has 1 saturated carbocycles. The number of ether oxygens (including phenoxy) is 2. The molecule has 1 aliphatic carbocycles. The number of carbonyl (C=O) groups is 2. The molecule has 5 nitrogen and oxygen atoms in total. The summed E-state index contributed by atoms with van der Waals surface area (Å²) in [5.74, 6) is -0.521. The fraction of sp³-hybridized carbons (Fsp3) is 0.756. The molecule has 262 valence electrons. The number of allylic oxidation sites excluding steroid dienone is 1. The monoisotopic (exact) mass is 640 g/mol. The molecular formula is C41H69NO4. The summed E-state index contributed by atoms with van der Waals surface area (Å²) < 4.78 is 11.4. The molecule has 0 atom stereocenters. The first-order chi connectivity index (χ1) is 22.5. The largest absolute Gasteiger partial charge is 0.462 e. The number of rotatable bonds is 26. The van der Waals surface area contributed by atoms with Crippen LogP contribution in [0.1, 0.15) is 179 Å².